The number of amides is 2. The standard InChI is InChI=1S/C30H35Cl2N3O4S/c1-6-26(29(37)33-30(3,4)5)34(19-22-10-8-7-9-11-22)28(36)20-35(27-18-23(31)14-17-25(27)32)40(38,39)24-15-12-21(2)13-16-24/h7-18,26H,6,19-20H2,1-5H3,(H,33,37). The van der Waals surface area contributed by atoms with Gasteiger partial charge in [-0.3, -0.25) is 13.9 Å². The zero-order valence-electron chi connectivity index (χ0n) is 23.3. The van der Waals surface area contributed by atoms with Gasteiger partial charge in [0.05, 0.1) is 15.6 Å². The highest BCUT2D eigenvalue weighted by atomic mass is 35.5. The molecular weight excluding hydrogens is 569 g/mol. The SMILES string of the molecule is CCC(C(=O)NC(C)(C)C)N(Cc1ccccc1)C(=O)CN(c1cc(Cl)ccc1Cl)S(=O)(=O)c1ccc(C)cc1. The van der Waals surface area contributed by atoms with Gasteiger partial charge in [-0.1, -0.05) is 78.2 Å². The van der Waals surface area contributed by atoms with E-state index in [0.717, 1.165) is 15.4 Å². The van der Waals surface area contributed by atoms with Crippen molar-refractivity contribution >= 4 is 50.7 Å². The molecule has 214 valence electrons. The molecule has 3 aromatic carbocycles. The van der Waals surface area contributed by atoms with E-state index in [1.165, 1.54) is 35.2 Å². The fourth-order valence-corrected chi connectivity index (χ4v) is 6.04. The maximum Gasteiger partial charge on any atom is 0.264 e. The number of halogens is 2. The van der Waals surface area contributed by atoms with Gasteiger partial charge in [-0.25, -0.2) is 8.42 Å². The van der Waals surface area contributed by atoms with Gasteiger partial charge in [0.25, 0.3) is 10.0 Å². The van der Waals surface area contributed by atoms with Crippen LogP contribution in [0, 0.1) is 6.92 Å². The van der Waals surface area contributed by atoms with Crippen LogP contribution in [-0.2, 0) is 26.2 Å². The van der Waals surface area contributed by atoms with Crippen LogP contribution in [0.5, 0.6) is 0 Å². The van der Waals surface area contributed by atoms with E-state index < -0.39 is 34.1 Å². The highest BCUT2D eigenvalue weighted by Gasteiger charge is 2.35. The van der Waals surface area contributed by atoms with E-state index in [2.05, 4.69) is 5.32 Å². The van der Waals surface area contributed by atoms with Crippen molar-refractivity contribution in [3.8, 4) is 0 Å². The summed E-state index contributed by atoms with van der Waals surface area (Å²) >= 11 is 12.7. The van der Waals surface area contributed by atoms with Crippen molar-refractivity contribution < 1.29 is 18.0 Å². The lowest BCUT2D eigenvalue weighted by Gasteiger charge is -2.35. The van der Waals surface area contributed by atoms with Gasteiger partial charge in [0.15, 0.2) is 0 Å². The molecule has 2 amide bonds. The molecule has 0 aromatic heterocycles. The molecule has 0 bridgehead atoms. The van der Waals surface area contributed by atoms with Gasteiger partial charge in [0, 0.05) is 17.1 Å². The first kappa shape index (κ1) is 31.5. The van der Waals surface area contributed by atoms with Crippen LogP contribution in [0.25, 0.3) is 0 Å². The molecule has 0 radical (unpaired) electrons. The number of benzene rings is 3. The third kappa shape index (κ3) is 7.99. The van der Waals surface area contributed by atoms with Gasteiger partial charge in [-0.2, -0.15) is 0 Å². The molecule has 40 heavy (non-hydrogen) atoms. The minimum atomic E-state index is -4.25. The average Bonchev–Trinajstić information content (AvgIpc) is 2.88. The Morgan fingerprint density at radius 1 is 0.950 bits per heavy atom. The Hall–Kier alpha value is -3.07. The summed E-state index contributed by atoms with van der Waals surface area (Å²) in [4.78, 5) is 28.9. The first-order valence-electron chi connectivity index (χ1n) is 12.9. The number of hydrogen-bond donors (Lipinski definition) is 1. The molecular formula is C30H35Cl2N3O4S. The topological polar surface area (TPSA) is 86.8 Å². The van der Waals surface area contributed by atoms with Gasteiger partial charge >= 0.3 is 0 Å². The number of carbonyl (C=O) groups is 2. The van der Waals surface area contributed by atoms with Crippen LogP contribution in [0.2, 0.25) is 10.0 Å². The Labute approximate surface area is 247 Å². The second kappa shape index (κ2) is 13.1. The molecule has 0 spiro atoms. The van der Waals surface area contributed by atoms with Crippen molar-refractivity contribution in [1.82, 2.24) is 10.2 Å². The molecule has 0 heterocycles. The van der Waals surface area contributed by atoms with Crippen LogP contribution in [-0.4, -0.2) is 43.3 Å². The Kier molecular flexibility index (Phi) is 10.3. The Morgan fingerprint density at radius 2 is 1.57 bits per heavy atom. The van der Waals surface area contributed by atoms with E-state index in [4.69, 9.17) is 23.2 Å². The molecule has 0 fully saturated rings. The zero-order chi connectivity index (χ0) is 29.7. The fraction of sp³-hybridized carbons (Fsp3) is 0.333. The summed E-state index contributed by atoms with van der Waals surface area (Å²) in [5.74, 6) is -0.889. The smallest absolute Gasteiger partial charge is 0.264 e. The van der Waals surface area contributed by atoms with Crippen molar-refractivity contribution in [2.75, 3.05) is 10.8 Å². The largest absolute Gasteiger partial charge is 0.350 e. The number of carbonyl (C=O) groups excluding carboxylic acids is 2. The lowest BCUT2D eigenvalue weighted by molar-refractivity contribution is -0.141. The molecule has 7 nitrogen and oxygen atoms in total. The fourth-order valence-electron chi connectivity index (χ4n) is 4.18. The monoisotopic (exact) mass is 603 g/mol. The predicted octanol–water partition coefficient (Wildman–Crippen LogP) is 6.22. The lowest BCUT2D eigenvalue weighted by Crippen LogP contribution is -2.55. The van der Waals surface area contributed by atoms with Crippen molar-refractivity contribution in [2.24, 2.45) is 0 Å². The first-order chi connectivity index (χ1) is 18.7. The third-order valence-corrected chi connectivity index (χ3v) is 8.47. The third-order valence-electron chi connectivity index (χ3n) is 6.14. The van der Waals surface area contributed by atoms with E-state index in [1.54, 1.807) is 12.1 Å². The van der Waals surface area contributed by atoms with Gasteiger partial charge in [-0.15, -0.1) is 0 Å². The summed E-state index contributed by atoms with van der Waals surface area (Å²) in [5, 5.41) is 3.32. The normalized spacial score (nSPS) is 12.5. The van der Waals surface area contributed by atoms with Gasteiger partial charge in [0.1, 0.15) is 12.6 Å². The molecule has 0 aliphatic heterocycles. The summed E-state index contributed by atoms with van der Waals surface area (Å²) in [6, 6.07) is 19.1. The number of nitrogens with zero attached hydrogens (tertiary/aromatic N) is 2. The quantitative estimate of drug-likeness (QED) is 0.298. The van der Waals surface area contributed by atoms with Crippen LogP contribution in [0.4, 0.5) is 5.69 Å². The summed E-state index contributed by atoms with van der Waals surface area (Å²) in [5.41, 5.74) is 1.22. The van der Waals surface area contributed by atoms with E-state index in [1.807, 2.05) is 65.0 Å². The molecule has 10 heteroatoms. The highest BCUT2D eigenvalue weighted by Crippen LogP contribution is 2.33. The van der Waals surface area contributed by atoms with E-state index >= 15 is 0 Å². The molecule has 0 saturated heterocycles. The highest BCUT2D eigenvalue weighted by molar-refractivity contribution is 7.92. The number of rotatable bonds is 10. The number of hydrogen-bond acceptors (Lipinski definition) is 4. The summed E-state index contributed by atoms with van der Waals surface area (Å²) in [6.07, 6.45) is 0.323. The number of nitrogens with one attached hydrogen (secondary N) is 1. The van der Waals surface area contributed by atoms with Crippen molar-refractivity contribution in [1.29, 1.82) is 0 Å². The van der Waals surface area contributed by atoms with Crippen LogP contribution in [0.15, 0.2) is 77.7 Å². The number of sulfonamides is 1. The maximum absolute atomic E-state index is 14.1. The second-order valence-corrected chi connectivity index (χ2v) is 13.3. The number of anilines is 1. The van der Waals surface area contributed by atoms with Gasteiger partial charge in [0.2, 0.25) is 11.8 Å². The molecule has 3 aromatic rings. The average molecular weight is 605 g/mol. The Morgan fingerprint density at radius 3 is 2.15 bits per heavy atom. The van der Waals surface area contributed by atoms with Gasteiger partial charge < -0.3 is 10.2 Å². The van der Waals surface area contributed by atoms with E-state index in [9.17, 15) is 18.0 Å². The maximum atomic E-state index is 14.1. The van der Waals surface area contributed by atoms with Crippen molar-refractivity contribution in [2.45, 2.75) is 64.1 Å². The van der Waals surface area contributed by atoms with Crippen molar-refractivity contribution in [3.05, 3.63) is 94.0 Å². The zero-order valence-corrected chi connectivity index (χ0v) is 25.6. The van der Waals surface area contributed by atoms with Crippen LogP contribution in [0.3, 0.4) is 0 Å². The summed E-state index contributed by atoms with van der Waals surface area (Å²) in [7, 11) is -4.25. The molecule has 0 aliphatic rings. The first-order valence-corrected chi connectivity index (χ1v) is 15.1. The van der Waals surface area contributed by atoms with E-state index in [0.29, 0.717) is 6.42 Å². The van der Waals surface area contributed by atoms with Crippen LogP contribution in [0.1, 0.15) is 45.2 Å². The predicted molar refractivity (Wildman–Crippen MR) is 161 cm³/mol. The molecule has 0 aliphatic carbocycles. The second-order valence-electron chi connectivity index (χ2n) is 10.6. The molecule has 1 N–H and O–H groups in total. The summed E-state index contributed by atoms with van der Waals surface area (Å²) in [6.45, 7) is 8.75. The molecule has 3 rings (SSSR count). The molecule has 1 atom stereocenters. The Bertz CT molecular complexity index is 1440. The Balaban J connectivity index is 2.10. The number of aryl methyl sites for hydroxylation is 1. The minimum Gasteiger partial charge on any atom is -0.350 e. The molecule has 1 unspecified atom stereocenters. The minimum absolute atomic E-state index is 0.00549. The summed E-state index contributed by atoms with van der Waals surface area (Å²) < 4.78 is 28.9. The lowest BCUT2D eigenvalue weighted by atomic mass is 10.1. The van der Waals surface area contributed by atoms with E-state index in [-0.39, 0.29) is 33.1 Å². The van der Waals surface area contributed by atoms with Crippen molar-refractivity contribution in [3.63, 3.8) is 0 Å². The molecule has 0 saturated carbocycles. The van der Waals surface area contributed by atoms with Gasteiger partial charge in [-0.05, 0) is 70.0 Å². The van der Waals surface area contributed by atoms with Crippen LogP contribution < -0.4 is 9.62 Å². The van der Waals surface area contributed by atoms with Crippen LogP contribution >= 0.6 is 23.2 Å².